The third kappa shape index (κ3) is 4.49. The molecule has 0 spiro atoms. The van der Waals surface area contributed by atoms with Crippen LogP contribution < -0.4 is 4.90 Å². The van der Waals surface area contributed by atoms with E-state index in [1.54, 1.807) is 67.5 Å². The van der Waals surface area contributed by atoms with Crippen LogP contribution in [-0.2, 0) is 24.6 Å². The number of hydrogen-bond acceptors (Lipinski definition) is 8. The van der Waals surface area contributed by atoms with Gasteiger partial charge in [0.05, 0.1) is 18.3 Å². The highest BCUT2D eigenvalue weighted by Crippen LogP contribution is 2.46. The quantitative estimate of drug-likeness (QED) is 0.665. The zero-order chi connectivity index (χ0) is 25.9. The molecule has 3 rings (SSSR count). The van der Waals surface area contributed by atoms with Gasteiger partial charge in [0.25, 0.3) is 5.91 Å². The van der Waals surface area contributed by atoms with E-state index >= 15 is 0 Å². The number of anilines is 1. The van der Waals surface area contributed by atoms with Gasteiger partial charge in [-0.2, -0.15) is 0 Å². The second-order valence-electron chi connectivity index (χ2n) is 11.0. The van der Waals surface area contributed by atoms with E-state index in [0.29, 0.717) is 4.90 Å². The molecule has 188 valence electrons. The summed E-state index contributed by atoms with van der Waals surface area (Å²) in [6, 6.07) is 4.94. The molecule has 3 amide bonds. The second-order valence-corrected chi connectivity index (χ2v) is 11.0. The van der Waals surface area contributed by atoms with Crippen LogP contribution in [0.1, 0.15) is 61.0 Å². The van der Waals surface area contributed by atoms with Crippen molar-refractivity contribution in [3.8, 4) is 0 Å². The Morgan fingerprint density at radius 3 is 2.15 bits per heavy atom. The zero-order valence-corrected chi connectivity index (χ0v) is 20.9. The molecule has 0 radical (unpaired) electrons. The van der Waals surface area contributed by atoms with Crippen LogP contribution >= 0.6 is 0 Å². The maximum Gasteiger partial charge on any atom is 0.421 e. The first kappa shape index (κ1) is 25.9. The summed E-state index contributed by atoms with van der Waals surface area (Å²) in [5.41, 5.74) is -5.34. The molecule has 34 heavy (non-hydrogen) atoms. The van der Waals surface area contributed by atoms with Crippen molar-refractivity contribution in [3.05, 3.63) is 29.8 Å². The Balaban J connectivity index is 2.03. The van der Waals surface area contributed by atoms with Crippen molar-refractivity contribution in [2.45, 2.75) is 90.1 Å². The minimum atomic E-state index is -2.54. The van der Waals surface area contributed by atoms with Crippen LogP contribution in [0.15, 0.2) is 24.3 Å². The van der Waals surface area contributed by atoms with Crippen molar-refractivity contribution >= 4 is 23.8 Å². The predicted octanol–water partition coefficient (Wildman–Crippen LogP) is 2.89. The van der Waals surface area contributed by atoms with Crippen molar-refractivity contribution < 1.29 is 38.8 Å². The number of rotatable bonds is 2. The van der Waals surface area contributed by atoms with Gasteiger partial charge in [0.15, 0.2) is 5.60 Å². The lowest BCUT2D eigenvalue weighted by Gasteiger charge is -2.39. The number of aliphatic hydroxyl groups is 2. The van der Waals surface area contributed by atoms with Crippen LogP contribution in [0.4, 0.5) is 15.3 Å². The van der Waals surface area contributed by atoms with Crippen molar-refractivity contribution in [3.63, 3.8) is 0 Å². The number of imide groups is 1. The van der Waals surface area contributed by atoms with Gasteiger partial charge >= 0.3 is 12.2 Å². The molecule has 1 saturated heterocycles. The highest BCUT2D eigenvalue weighted by molar-refractivity contribution is 6.20. The second kappa shape index (κ2) is 8.21. The van der Waals surface area contributed by atoms with Crippen LogP contribution in [-0.4, -0.2) is 68.9 Å². The van der Waals surface area contributed by atoms with Crippen molar-refractivity contribution in [2.24, 2.45) is 0 Å². The van der Waals surface area contributed by atoms with E-state index in [4.69, 9.17) is 14.2 Å². The first-order valence-corrected chi connectivity index (χ1v) is 11.1. The minimum Gasteiger partial charge on any atom is -0.444 e. The van der Waals surface area contributed by atoms with Gasteiger partial charge in [0.2, 0.25) is 0 Å². The van der Waals surface area contributed by atoms with Crippen molar-refractivity contribution in [1.29, 1.82) is 0 Å². The summed E-state index contributed by atoms with van der Waals surface area (Å²) in [5.74, 6) is -1.08. The molecule has 2 N–H and O–H groups in total. The molecule has 3 atom stereocenters. The van der Waals surface area contributed by atoms with E-state index < -0.39 is 52.8 Å². The molecule has 0 aliphatic carbocycles. The van der Waals surface area contributed by atoms with Crippen LogP contribution in [0.25, 0.3) is 0 Å². The molecule has 0 unspecified atom stereocenters. The fraction of sp³-hybridized carbons (Fsp3) is 0.625. The first-order valence-electron chi connectivity index (χ1n) is 11.1. The Morgan fingerprint density at radius 2 is 1.59 bits per heavy atom. The fourth-order valence-corrected chi connectivity index (χ4v) is 4.17. The summed E-state index contributed by atoms with van der Waals surface area (Å²) < 4.78 is 16.6. The normalized spacial score (nSPS) is 25.2. The van der Waals surface area contributed by atoms with Gasteiger partial charge in [-0.1, -0.05) is 18.2 Å². The summed E-state index contributed by atoms with van der Waals surface area (Å²) in [4.78, 5) is 41.3. The summed E-state index contributed by atoms with van der Waals surface area (Å²) >= 11 is 0. The van der Waals surface area contributed by atoms with E-state index in [-0.39, 0.29) is 17.9 Å². The summed E-state index contributed by atoms with van der Waals surface area (Å²) in [6.45, 7) is 13.1. The van der Waals surface area contributed by atoms with E-state index in [1.807, 2.05) is 0 Å². The molecular formula is C24H34N2O8. The summed E-state index contributed by atoms with van der Waals surface area (Å²) in [7, 11) is 0. The smallest absolute Gasteiger partial charge is 0.421 e. The van der Waals surface area contributed by atoms with E-state index in [9.17, 15) is 24.6 Å². The van der Waals surface area contributed by atoms with Crippen LogP contribution in [0.2, 0.25) is 0 Å². The van der Waals surface area contributed by atoms with Gasteiger partial charge in [-0.05, 0) is 61.5 Å². The van der Waals surface area contributed by atoms with Crippen molar-refractivity contribution in [1.82, 2.24) is 4.90 Å². The number of carbonyl (C=O) groups excluding carboxylic acids is 3. The van der Waals surface area contributed by atoms with Gasteiger partial charge in [-0.3, -0.25) is 9.69 Å². The minimum absolute atomic E-state index is 0.0206. The lowest BCUT2D eigenvalue weighted by molar-refractivity contribution is -0.156. The lowest BCUT2D eigenvalue weighted by Crippen LogP contribution is -2.61. The third-order valence-electron chi connectivity index (χ3n) is 5.56. The molecule has 10 nitrogen and oxygen atoms in total. The Hall–Kier alpha value is -2.69. The lowest BCUT2D eigenvalue weighted by atomic mass is 9.85. The maximum absolute atomic E-state index is 13.5. The van der Waals surface area contributed by atoms with Gasteiger partial charge in [-0.25, -0.2) is 14.5 Å². The van der Waals surface area contributed by atoms with Crippen LogP contribution in [0, 0.1) is 0 Å². The maximum atomic E-state index is 13.5. The van der Waals surface area contributed by atoms with Gasteiger partial charge < -0.3 is 24.4 Å². The first-order chi connectivity index (χ1) is 15.4. The molecular weight excluding hydrogens is 444 g/mol. The monoisotopic (exact) mass is 478 g/mol. The average molecular weight is 479 g/mol. The topological polar surface area (TPSA) is 126 Å². The van der Waals surface area contributed by atoms with E-state index in [2.05, 4.69) is 0 Å². The Morgan fingerprint density at radius 1 is 1.06 bits per heavy atom. The number of benzene rings is 1. The number of ether oxygens (including phenoxy) is 3. The molecule has 0 saturated carbocycles. The highest BCUT2D eigenvalue weighted by Gasteiger charge is 2.62. The fourth-order valence-electron chi connectivity index (χ4n) is 4.17. The van der Waals surface area contributed by atoms with Gasteiger partial charge in [0.1, 0.15) is 23.0 Å². The predicted molar refractivity (Wildman–Crippen MR) is 122 cm³/mol. The zero-order valence-electron chi connectivity index (χ0n) is 20.9. The summed E-state index contributed by atoms with van der Waals surface area (Å²) in [5, 5.41) is 23.1. The van der Waals surface area contributed by atoms with E-state index in [0.717, 1.165) is 0 Å². The highest BCUT2D eigenvalue weighted by atomic mass is 16.6. The molecule has 2 aliphatic rings. The van der Waals surface area contributed by atoms with E-state index in [1.165, 1.54) is 17.0 Å². The summed E-state index contributed by atoms with van der Waals surface area (Å²) in [6.07, 6.45) is -3.60. The number of nitrogens with zero attached hydrogens (tertiary/aromatic N) is 2. The number of fused-ring (bicyclic) bond motifs is 1. The molecule has 2 aliphatic heterocycles. The molecule has 1 fully saturated rings. The van der Waals surface area contributed by atoms with Gasteiger partial charge in [-0.15, -0.1) is 0 Å². The Bertz CT molecular complexity index is 993. The number of para-hydroxylation sites is 1. The van der Waals surface area contributed by atoms with Crippen LogP contribution in [0.5, 0.6) is 0 Å². The number of amides is 3. The molecule has 10 heteroatoms. The molecule has 1 aromatic rings. The standard InChI is InChI=1S/C24H34N2O8/c1-21(2,3)33-19(29)25-15-12-10-9-11-14(15)24(31,18(25)28)17(27)16-13-32-23(7,8)26(16)20(30)34-22(4,5)6/h9-12,16-17,27,31H,13H2,1-8H3/t16-,17-,24-/m1/s1. The number of hydrogen-bond donors (Lipinski definition) is 2. The third-order valence-corrected chi connectivity index (χ3v) is 5.56. The number of carbonyl (C=O) groups is 3. The Labute approximate surface area is 199 Å². The molecule has 0 bridgehead atoms. The SMILES string of the molecule is CC(C)(C)OC(=O)N1C(=O)[C@](O)([C@H](O)[C@H]2COC(C)(C)N2C(=O)OC(C)(C)C)c2ccccc21. The molecule has 2 heterocycles. The number of aliphatic hydroxyl groups excluding tert-OH is 1. The average Bonchev–Trinajstić information content (AvgIpc) is 3.10. The van der Waals surface area contributed by atoms with Crippen molar-refractivity contribution in [2.75, 3.05) is 11.5 Å². The van der Waals surface area contributed by atoms with Crippen LogP contribution in [0.3, 0.4) is 0 Å². The Kier molecular flexibility index (Phi) is 6.26. The van der Waals surface area contributed by atoms with Gasteiger partial charge in [0, 0.05) is 5.56 Å². The molecule has 0 aromatic heterocycles. The largest absolute Gasteiger partial charge is 0.444 e. The molecule has 1 aromatic carbocycles.